The zero-order valence-electron chi connectivity index (χ0n) is 12.3. The summed E-state index contributed by atoms with van der Waals surface area (Å²) < 4.78 is 0. The molecular formula is C18H11ClN2O2S. The number of halogens is 1. The van der Waals surface area contributed by atoms with E-state index in [1.807, 2.05) is 24.3 Å². The summed E-state index contributed by atoms with van der Waals surface area (Å²) in [5.74, 6) is -0.587. The minimum absolute atomic E-state index is 0.293. The number of hydrogen-bond acceptors (Lipinski definition) is 3. The number of carbonyl (C=O) groups excluding carboxylic acids is 2. The highest BCUT2D eigenvalue weighted by atomic mass is 35.5. The average molecular weight is 355 g/mol. The Morgan fingerprint density at radius 2 is 1.12 bits per heavy atom. The maximum Gasteiger partial charge on any atom is 0.258 e. The molecule has 2 heterocycles. The first kappa shape index (κ1) is 15.1. The van der Waals surface area contributed by atoms with Gasteiger partial charge < -0.3 is 10.6 Å². The second-order valence-electron chi connectivity index (χ2n) is 5.46. The van der Waals surface area contributed by atoms with E-state index in [9.17, 15) is 9.59 Å². The minimum atomic E-state index is -0.293. The predicted octanol–water partition coefficient (Wildman–Crippen LogP) is 3.01. The smallest absolute Gasteiger partial charge is 0.258 e. The lowest BCUT2D eigenvalue weighted by Gasteiger charge is -2.07. The molecule has 4 rings (SSSR count). The van der Waals surface area contributed by atoms with Gasteiger partial charge in [0.1, 0.15) is 0 Å². The van der Waals surface area contributed by atoms with Gasteiger partial charge in [0.25, 0.3) is 11.8 Å². The van der Waals surface area contributed by atoms with Crippen LogP contribution in [-0.4, -0.2) is 11.8 Å². The van der Waals surface area contributed by atoms with Crippen LogP contribution in [0.25, 0.3) is 11.4 Å². The van der Waals surface area contributed by atoms with Crippen molar-refractivity contribution < 1.29 is 9.59 Å². The van der Waals surface area contributed by atoms with E-state index in [2.05, 4.69) is 23.3 Å². The Balaban J connectivity index is 1.88. The molecule has 0 fully saturated rings. The number of fused-ring (bicyclic) bond motifs is 1. The second-order valence-corrected chi connectivity index (χ2v) is 6.41. The molecule has 0 aliphatic carbocycles. The Labute approximate surface area is 148 Å². The third-order valence-corrected chi connectivity index (χ3v) is 4.52. The molecule has 2 aromatic rings. The maximum atomic E-state index is 12.5. The van der Waals surface area contributed by atoms with Gasteiger partial charge in [0.15, 0.2) is 0 Å². The summed E-state index contributed by atoms with van der Waals surface area (Å²) in [5, 5.41) is 6.19. The number of amides is 2. The molecule has 6 heteroatoms. The highest BCUT2D eigenvalue weighted by molar-refractivity contribution is 7.80. The Hall–Kier alpha value is -2.50. The molecule has 0 bridgehead atoms. The number of rotatable bonds is 2. The largest absolute Gasteiger partial charge is 0.321 e. The number of carbonyl (C=O) groups is 2. The molecule has 2 N–H and O–H groups in total. The number of nitrogens with one attached hydrogen (secondary N) is 2. The van der Waals surface area contributed by atoms with Crippen molar-refractivity contribution in [2.24, 2.45) is 0 Å². The number of hydrogen-bond donors (Lipinski definition) is 3. The minimum Gasteiger partial charge on any atom is -0.321 e. The SMILES string of the molecule is O=C1NC(c2ccc(Cl)cc2)=C2C(=O)NC(c3ccc(S)cc3)=C12. The summed E-state index contributed by atoms with van der Waals surface area (Å²) in [5.41, 5.74) is 3.26. The molecule has 2 aliphatic rings. The van der Waals surface area contributed by atoms with Gasteiger partial charge in [-0.25, -0.2) is 0 Å². The van der Waals surface area contributed by atoms with Crippen molar-refractivity contribution in [1.82, 2.24) is 10.6 Å². The summed E-state index contributed by atoms with van der Waals surface area (Å²) in [4.78, 5) is 25.7. The Kier molecular flexibility index (Phi) is 3.48. The van der Waals surface area contributed by atoms with Crippen molar-refractivity contribution in [1.29, 1.82) is 0 Å². The standard InChI is InChI=1S/C18H11ClN2O2S/c19-11-5-1-9(2-6-11)15-13-14(18(23)20-15)16(21-17(13)22)10-3-7-12(24)8-4-10/h1-8,24H,(H,20,23)(H,21,22). The molecule has 24 heavy (non-hydrogen) atoms. The van der Waals surface area contributed by atoms with E-state index in [1.165, 1.54) is 0 Å². The van der Waals surface area contributed by atoms with Crippen molar-refractivity contribution in [3.63, 3.8) is 0 Å². The van der Waals surface area contributed by atoms with Crippen molar-refractivity contribution >= 4 is 47.4 Å². The fraction of sp³-hybridized carbons (Fsp3) is 0. The summed E-state index contributed by atoms with van der Waals surface area (Å²) in [6, 6.07) is 14.3. The highest BCUT2D eigenvalue weighted by Crippen LogP contribution is 2.37. The third kappa shape index (κ3) is 2.33. The number of benzene rings is 2. The van der Waals surface area contributed by atoms with Gasteiger partial charge in [-0.05, 0) is 35.4 Å². The Morgan fingerprint density at radius 3 is 1.58 bits per heavy atom. The molecule has 0 saturated carbocycles. The van der Waals surface area contributed by atoms with Crippen LogP contribution in [0.1, 0.15) is 11.1 Å². The van der Waals surface area contributed by atoms with Crippen LogP contribution in [0.3, 0.4) is 0 Å². The molecule has 0 atom stereocenters. The van der Waals surface area contributed by atoms with Crippen LogP contribution in [0.4, 0.5) is 0 Å². The molecule has 2 amide bonds. The predicted molar refractivity (Wildman–Crippen MR) is 95.3 cm³/mol. The normalized spacial score (nSPS) is 16.4. The molecule has 0 spiro atoms. The lowest BCUT2D eigenvalue weighted by atomic mass is 10.0. The van der Waals surface area contributed by atoms with E-state index in [0.717, 1.165) is 16.0 Å². The van der Waals surface area contributed by atoms with E-state index in [0.29, 0.717) is 27.6 Å². The zero-order chi connectivity index (χ0) is 16.8. The fourth-order valence-corrected chi connectivity index (χ4v) is 3.13. The van der Waals surface area contributed by atoms with Gasteiger partial charge in [-0.3, -0.25) is 9.59 Å². The van der Waals surface area contributed by atoms with Gasteiger partial charge in [0.2, 0.25) is 0 Å². The molecule has 2 aliphatic heterocycles. The van der Waals surface area contributed by atoms with Crippen LogP contribution in [0.15, 0.2) is 64.6 Å². The molecular weight excluding hydrogens is 344 g/mol. The fourth-order valence-electron chi connectivity index (χ4n) is 2.86. The van der Waals surface area contributed by atoms with Gasteiger partial charge in [-0.1, -0.05) is 35.9 Å². The van der Waals surface area contributed by atoms with Gasteiger partial charge in [0, 0.05) is 9.92 Å². The van der Waals surface area contributed by atoms with Crippen LogP contribution in [0.5, 0.6) is 0 Å². The van der Waals surface area contributed by atoms with Gasteiger partial charge in [-0.2, -0.15) is 0 Å². The van der Waals surface area contributed by atoms with Gasteiger partial charge in [-0.15, -0.1) is 12.6 Å². The van der Waals surface area contributed by atoms with Crippen LogP contribution < -0.4 is 10.6 Å². The molecule has 0 radical (unpaired) electrons. The molecule has 2 aromatic carbocycles. The van der Waals surface area contributed by atoms with Crippen molar-refractivity contribution in [3.8, 4) is 0 Å². The third-order valence-electron chi connectivity index (χ3n) is 3.97. The second kappa shape index (κ2) is 5.54. The van der Waals surface area contributed by atoms with E-state index in [-0.39, 0.29) is 11.8 Å². The monoisotopic (exact) mass is 354 g/mol. The molecule has 118 valence electrons. The van der Waals surface area contributed by atoms with E-state index in [4.69, 9.17) is 11.6 Å². The van der Waals surface area contributed by atoms with E-state index >= 15 is 0 Å². The lowest BCUT2D eigenvalue weighted by Crippen LogP contribution is -2.21. The van der Waals surface area contributed by atoms with Crippen molar-refractivity contribution in [2.75, 3.05) is 0 Å². The molecule has 0 saturated heterocycles. The Bertz CT molecular complexity index is 864. The van der Waals surface area contributed by atoms with Crippen LogP contribution in [0.2, 0.25) is 5.02 Å². The van der Waals surface area contributed by atoms with Crippen molar-refractivity contribution in [2.45, 2.75) is 4.90 Å². The van der Waals surface area contributed by atoms with E-state index in [1.54, 1.807) is 24.3 Å². The number of thiol groups is 1. The summed E-state index contributed by atoms with van der Waals surface area (Å²) in [7, 11) is 0. The summed E-state index contributed by atoms with van der Waals surface area (Å²) in [6.07, 6.45) is 0. The van der Waals surface area contributed by atoms with Crippen LogP contribution >= 0.6 is 24.2 Å². The quantitative estimate of drug-likeness (QED) is 0.726. The first-order chi connectivity index (χ1) is 11.5. The van der Waals surface area contributed by atoms with Gasteiger partial charge >= 0.3 is 0 Å². The first-order valence-electron chi connectivity index (χ1n) is 7.21. The lowest BCUT2D eigenvalue weighted by molar-refractivity contribution is -0.117. The first-order valence-corrected chi connectivity index (χ1v) is 8.04. The zero-order valence-corrected chi connectivity index (χ0v) is 13.9. The van der Waals surface area contributed by atoms with Crippen LogP contribution in [-0.2, 0) is 9.59 Å². The summed E-state index contributed by atoms with van der Waals surface area (Å²) in [6.45, 7) is 0. The average Bonchev–Trinajstić information content (AvgIpc) is 3.08. The maximum absolute atomic E-state index is 12.5. The Morgan fingerprint density at radius 1 is 0.708 bits per heavy atom. The molecule has 4 nitrogen and oxygen atoms in total. The summed E-state index contributed by atoms with van der Waals surface area (Å²) >= 11 is 10.2. The van der Waals surface area contributed by atoms with E-state index < -0.39 is 0 Å². The topological polar surface area (TPSA) is 58.2 Å². The van der Waals surface area contributed by atoms with Crippen molar-refractivity contribution in [3.05, 3.63) is 75.8 Å². The van der Waals surface area contributed by atoms with Gasteiger partial charge in [0.05, 0.1) is 22.5 Å². The highest BCUT2D eigenvalue weighted by Gasteiger charge is 2.40. The molecule has 0 unspecified atom stereocenters. The molecule has 0 aromatic heterocycles. The van der Waals surface area contributed by atoms with Crippen LogP contribution in [0, 0.1) is 0 Å².